The first-order valence-electron chi connectivity index (χ1n) is 8.02. The molecule has 2 heterocycles. The van der Waals surface area contributed by atoms with E-state index in [-0.39, 0.29) is 12.0 Å². The van der Waals surface area contributed by atoms with Gasteiger partial charge in [-0.1, -0.05) is 0 Å². The van der Waals surface area contributed by atoms with Crippen molar-refractivity contribution in [1.29, 1.82) is 0 Å². The predicted molar refractivity (Wildman–Crippen MR) is 90.7 cm³/mol. The lowest BCUT2D eigenvalue weighted by Crippen LogP contribution is -2.23. The summed E-state index contributed by atoms with van der Waals surface area (Å²) in [5.41, 5.74) is 2.01. The molecule has 0 aromatic heterocycles. The minimum absolute atomic E-state index is 0.0837. The topological polar surface area (TPSA) is 55.4 Å². The first-order valence-corrected chi connectivity index (χ1v) is 8.02. The smallest absolute Gasteiger partial charge is 0.203 e. The van der Waals surface area contributed by atoms with Gasteiger partial charge in [-0.3, -0.25) is 0 Å². The first kappa shape index (κ1) is 15.7. The van der Waals surface area contributed by atoms with Crippen molar-refractivity contribution >= 4 is 0 Å². The van der Waals surface area contributed by atoms with E-state index in [9.17, 15) is 0 Å². The summed E-state index contributed by atoms with van der Waals surface area (Å²) in [5, 5.41) is 0. The Balaban J connectivity index is 1.79. The van der Waals surface area contributed by atoms with Crippen molar-refractivity contribution in [2.24, 2.45) is 0 Å². The second-order valence-electron chi connectivity index (χ2n) is 5.92. The zero-order chi connectivity index (χ0) is 17.6. The monoisotopic (exact) mass is 344 g/mol. The van der Waals surface area contributed by atoms with Gasteiger partial charge in [-0.25, -0.2) is 0 Å². The summed E-state index contributed by atoms with van der Waals surface area (Å²) in [4.78, 5) is 0. The Morgan fingerprint density at radius 2 is 1.56 bits per heavy atom. The van der Waals surface area contributed by atoms with Crippen LogP contribution in [0.2, 0.25) is 0 Å². The Labute approximate surface area is 146 Å². The molecule has 6 heteroatoms. The second kappa shape index (κ2) is 5.95. The molecule has 0 saturated carbocycles. The predicted octanol–water partition coefficient (Wildman–Crippen LogP) is 3.33. The number of hydrogen-bond donors (Lipinski definition) is 0. The van der Waals surface area contributed by atoms with Crippen LogP contribution in [0.5, 0.6) is 34.5 Å². The van der Waals surface area contributed by atoms with Crippen LogP contribution in [0.15, 0.2) is 24.3 Å². The highest BCUT2D eigenvalue weighted by atomic mass is 16.5. The summed E-state index contributed by atoms with van der Waals surface area (Å²) < 4.78 is 33.9. The molecule has 0 amide bonds. The molecule has 0 fully saturated rings. The molecule has 4 rings (SSSR count). The van der Waals surface area contributed by atoms with Gasteiger partial charge in [0, 0.05) is 17.2 Å². The molecule has 132 valence electrons. The van der Waals surface area contributed by atoms with Crippen molar-refractivity contribution in [3.63, 3.8) is 0 Å². The highest BCUT2D eigenvalue weighted by Gasteiger charge is 2.43. The third-order valence-corrected chi connectivity index (χ3v) is 4.78. The highest BCUT2D eigenvalue weighted by Crippen LogP contribution is 2.56. The molecule has 2 aliphatic heterocycles. The molecule has 2 unspecified atom stereocenters. The second-order valence-corrected chi connectivity index (χ2v) is 5.92. The minimum Gasteiger partial charge on any atom is -0.493 e. The first-order chi connectivity index (χ1) is 12.2. The van der Waals surface area contributed by atoms with Crippen LogP contribution < -0.4 is 28.4 Å². The zero-order valence-corrected chi connectivity index (χ0v) is 14.6. The van der Waals surface area contributed by atoms with Crippen LogP contribution in [0, 0.1) is 0 Å². The minimum atomic E-state index is -0.143. The number of fused-ring (bicyclic) bond motifs is 5. The van der Waals surface area contributed by atoms with E-state index < -0.39 is 0 Å². The van der Waals surface area contributed by atoms with Gasteiger partial charge >= 0.3 is 0 Å². The largest absolute Gasteiger partial charge is 0.493 e. The van der Waals surface area contributed by atoms with Crippen molar-refractivity contribution in [1.82, 2.24) is 0 Å². The molecule has 0 bridgehead atoms. The summed E-state index contributed by atoms with van der Waals surface area (Å²) in [7, 11) is 6.45. The van der Waals surface area contributed by atoms with Crippen LogP contribution in [0.25, 0.3) is 0 Å². The lowest BCUT2D eigenvalue weighted by atomic mass is 9.89. The Morgan fingerprint density at radius 1 is 0.840 bits per heavy atom. The van der Waals surface area contributed by atoms with Crippen LogP contribution in [0.1, 0.15) is 23.1 Å². The number of hydrogen-bond acceptors (Lipinski definition) is 6. The molecule has 2 aliphatic rings. The lowest BCUT2D eigenvalue weighted by molar-refractivity contribution is 0.135. The number of rotatable bonds is 4. The van der Waals surface area contributed by atoms with Crippen molar-refractivity contribution in [2.75, 3.05) is 35.0 Å². The van der Waals surface area contributed by atoms with E-state index in [1.807, 2.05) is 24.3 Å². The Hall–Kier alpha value is -2.76. The maximum atomic E-state index is 6.24. The summed E-state index contributed by atoms with van der Waals surface area (Å²) in [6.45, 7) is 0.490. The Kier molecular flexibility index (Phi) is 3.75. The Morgan fingerprint density at radius 3 is 2.24 bits per heavy atom. The van der Waals surface area contributed by atoms with Gasteiger partial charge in [0.25, 0.3) is 0 Å². The maximum absolute atomic E-state index is 6.24. The fourth-order valence-electron chi connectivity index (χ4n) is 3.57. The molecule has 6 nitrogen and oxygen atoms in total. The normalized spacial score (nSPS) is 19.7. The van der Waals surface area contributed by atoms with Crippen molar-refractivity contribution in [3.05, 3.63) is 35.4 Å². The van der Waals surface area contributed by atoms with E-state index in [1.54, 1.807) is 28.4 Å². The molecule has 2 aromatic rings. The summed E-state index contributed by atoms with van der Waals surface area (Å²) >= 11 is 0. The quantitative estimate of drug-likeness (QED) is 0.848. The average Bonchev–Trinajstić information content (AvgIpc) is 3.03. The third kappa shape index (κ3) is 2.24. The molecule has 0 saturated heterocycles. The molecule has 25 heavy (non-hydrogen) atoms. The zero-order valence-electron chi connectivity index (χ0n) is 14.6. The maximum Gasteiger partial charge on any atom is 0.203 e. The van der Waals surface area contributed by atoms with Crippen LogP contribution in [-0.4, -0.2) is 35.0 Å². The number of methoxy groups -OCH3 is 4. The molecular formula is C19H20O6. The van der Waals surface area contributed by atoms with E-state index in [1.165, 1.54) is 0 Å². The van der Waals surface area contributed by atoms with Gasteiger partial charge in [0.05, 0.1) is 41.0 Å². The van der Waals surface area contributed by atoms with Crippen molar-refractivity contribution < 1.29 is 28.4 Å². The van der Waals surface area contributed by atoms with Gasteiger partial charge < -0.3 is 28.4 Å². The van der Waals surface area contributed by atoms with Gasteiger partial charge in [-0.15, -0.1) is 0 Å². The summed E-state index contributed by atoms with van der Waals surface area (Å²) in [6, 6.07) is 7.67. The number of benzene rings is 2. The SMILES string of the molecule is COc1cc2c(cc1OC)C1COc3c(ccc(OC)c3OC)C1O2. The third-order valence-electron chi connectivity index (χ3n) is 4.78. The van der Waals surface area contributed by atoms with Gasteiger partial charge in [0.1, 0.15) is 11.9 Å². The summed E-state index contributed by atoms with van der Waals surface area (Å²) in [5.74, 6) is 4.11. The van der Waals surface area contributed by atoms with Crippen molar-refractivity contribution in [3.8, 4) is 34.5 Å². The summed E-state index contributed by atoms with van der Waals surface area (Å²) in [6.07, 6.45) is -0.143. The standard InChI is InChI=1S/C19H20O6/c1-20-13-6-5-10-17-12(9-24-18(10)19(13)23-4)11-7-15(21-2)16(22-3)8-14(11)25-17/h5-8,12,17H,9H2,1-4H3. The molecule has 0 N–H and O–H groups in total. The van der Waals surface area contributed by atoms with E-state index in [0.29, 0.717) is 35.4 Å². The van der Waals surface area contributed by atoms with Gasteiger partial charge in [-0.05, 0) is 18.2 Å². The van der Waals surface area contributed by atoms with Gasteiger partial charge in [0.2, 0.25) is 5.75 Å². The van der Waals surface area contributed by atoms with E-state index >= 15 is 0 Å². The van der Waals surface area contributed by atoms with Crippen molar-refractivity contribution in [2.45, 2.75) is 12.0 Å². The van der Waals surface area contributed by atoms with Crippen LogP contribution in [-0.2, 0) is 0 Å². The molecule has 2 aromatic carbocycles. The molecular weight excluding hydrogens is 324 g/mol. The van der Waals surface area contributed by atoms with Crippen LogP contribution in [0.4, 0.5) is 0 Å². The molecule has 0 radical (unpaired) electrons. The molecule has 0 spiro atoms. The fraction of sp³-hybridized carbons (Fsp3) is 0.368. The van der Waals surface area contributed by atoms with E-state index in [0.717, 1.165) is 16.9 Å². The molecule has 0 aliphatic carbocycles. The lowest BCUT2D eigenvalue weighted by Gasteiger charge is -2.29. The van der Waals surface area contributed by atoms with Crippen LogP contribution in [0.3, 0.4) is 0 Å². The van der Waals surface area contributed by atoms with Gasteiger partial charge in [0.15, 0.2) is 23.0 Å². The van der Waals surface area contributed by atoms with E-state index in [2.05, 4.69) is 0 Å². The fourth-order valence-corrected chi connectivity index (χ4v) is 3.57. The van der Waals surface area contributed by atoms with E-state index in [4.69, 9.17) is 28.4 Å². The average molecular weight is 344 g/mol. The van der Waals surface area contributed by atoms with Crippen LogP contribution >= 0.6 is 0 Å². The number of ether oxygens (including phenoxy) is 6. The van der Waals surface area contributed by atoms with Gasteiger partial charge in [-0.2, -0.15) is 0 Å². The Bertz CT molecular complexity index is 816. The molecule has 2 atom stereocenters. The highest BCUT2D eigenvalue weighted by molar-refractivity contribution is 5.61.